The van der Waals surface area contributed by atoms with Crippen molar-refractivity contribution in [3.8, 4) is 0 Å². The molecule has 122 valence electrons. The molecule has 0 amide bonds. The van der Waals surface area contributed by atoms with Crippen LogP contribution in [0.3, 0.4) is 0 Å². The van der Waals surface area contributed by atoms with Gasteiger partial charge in [-0.05, 0) is 48.4 Å². The molecule has 2 aromatic carbocycles. The summed E-state index contributed by atoms with van der Waals surface area (Å²) in [7, 11) is 0. The van der Waals surface area contributed by atoms with Crippen LogP contribution in [0.5, 0.6) is 0 Å². The van der Waals surface area contributed by atoms with E-state index in [9.17, 15) is 0 Å². The second-order valence-electron chi connectivity index (χ2n) is 6.10. The van der Waals surface area contributed by atoms with E-state index in [-0.39, 0.29) is 0 Å². The molecule has 0 nitrogen and oxygen atoms in total. The first-order valence-corrected chi connectivity index (χ1v) is 9.59. The van der Waals surface area contributed by atoms with Gasteiger partial charge in [-0.1, -0.05) is 92.4 Å². The molecule has 0 aliphatic rings. The minimum Gasteiger partial charge on any atom is -0.0945 e. The molecule has 2 rings (SSSR count). The SMILES string of the molecule is CCCCCCC/C(=C/c1ccc(C)cc1)Sc1ccccc1. The van der Waals surface area contributed by atoms with E-state index >= 15 is 0 Å². The van der Waals surface area contributed by atoms with Crippen LogP contribution in [-0.2, 0) is 0 Å². The fourth-order valence-electron chi connectivity index (χ4n) is 2.54. The van der Waals surface area contributed by atoms with E-state index in [4.69, 9.17) is 0 Å². The summed E-state index contributed by atoms with van der Waals surface area (Å²) >= 11 is 1.91. The molecule has 0 saturated carbocycles. The third kappa shape index (κ3) is 7.09. The van der Waals surface area contributed by atoms with E-state index in [1.54, 1.807) is 0 Å². The predicted octanol–water partition coefficient (Wildman–Crippen LogP) is 7.49. The molecule has 0 bridgehead atoms. The van der Waals surface area contributed by atoms with Gasteiger partial charge >= 0.3 is 0 Å². The molecule has 0 radical (unpaired) electrons. The van der Waals surface area contributed by atoms with Gasteiger partial charge in [0.25, 0.3) is 0 Å². The van der Waals surface area contributed by atoms with Crippen LogP contribution < -0.4 is 0 Å². The molecule has 0 aliphatic heterocycles. The Labute approximate surface area is 146 Å². The minimum absolute atomic E-state index is 1.18. The maximum atomic E-state index is 2.36. The van der Waals surface area contributed by atoms with Crippen LogP contribution >= 0.6 is 11.8 Å². The molecule has 0 heterocycles. The predicted molar refractivity (Wildman–Crippen MR) is 105 cm³/mol. The molecular weight excluding hydrogens is 296 g/mol. The third-order valence-corrected chi connectivity index (χ3v) is 5.02. The van der Waals surface area contributed by atoms with Gasteiger partial charge in [-0.3, -0.25) is 0 Å². The second-order valence-corrected chi connectivity index (χ2v) is 7.30. The Bertz CT molecular complexity index is 581. The zero-order valence-electron chi connectivity index (χ0n) is 14.4. The molecule has 0 saturated heterocycles. The van der Waals surface area contributed by atoms with E-state index in [0.29, 0.717) is 0 Å². The number of hydrogen-bond donors (Lipinski definition) is 0. The summed E-state index contributed by atoms with van der Waals surface area (Å²) in [4.78, 5) is 2.80. The smallest absolute Gasteiger partial charge is 0.0119 e. The van der Waals surface area contributed by atoms with Crippen LogP contribution in [0, 0.1) is 6.92 Å². The first kappa shape index (κ1) is 17.9. The van der Waals surface area contributed by atoms with Gasteiger partial charge in [-0.25, -0.2) is 0 Å². The number of rotatable bonds is 9. The summed E-state index contributed by atoms with van der Waals surface area (Å²) in [5, 5.41) is 0. The highest BCUT2D eigenvalue weighted by Crippen LogP contribution is 2.32. The van der Waals surface area contributed by atoms with E-state index in [2.05, 4.69) is 74.5 Å². The Balaban J connectivity index is 2.02. The van der Waals surface area contributed by atoms with Crippen LogP contribution in [0.1, 0.15) is 56.6 Å². The Morgan fingerprint density at radius 1 is 0.870 bits per heavy atom. The van der Waals surface area contributed by atoms with E-state index in [0.717, 1.165) is 0 Å². The lowest BCUT2D eigenvalue weighted by atomic mass is 10.1. The van der Waals surface area contributed by atoms with Gasteiger partial charge in [0.2, 0.25) is 0 Å². The van der Waals surface area contributed by atoms with Crippen molar-refractivity contribution in [1.82, 2.24) is 0 Å². The molecule has 0 unspecified atom stereocenters. The molecule has 0 aliphatic carbocycles. The second kappa shape index (κ2) is 10.3. The number of allylic oxidation sites excluding steroid dienone is 1. The molecule has 1 heteroatoms. The summed E-state index contributed by atoms with van der Waals surface area (Å²) < 4.78 is 0. The third-order valence-electron chi connectivity index (χ3n) is 3.92. The Kier molecular flexibility index (Phi) is 8.03. The lowest BCUT2D eigenvalue weighted by molar-refractivity contribution is 0.636. The lowest BCUT2D eigenvalue weighted by Gasteiger charge is -2.08. The average Bonchev–Trinajstić information content (AvgIpc) is 2.57. The molecule has 2 aromatic rings. The van der Waals surface area contributed by atoms with Gasteiger partial charge in [0.1, 0.15) is 0 Å². The van der Waals surface area contributed by atoms with Crippen molar-refractivity contribution >= 4 is 17.8 Å². The Morgan fingerprint density at radius 2 is 1.57 bits per heavy atom. The number of thioether (sulfide) groups is 1. The van der Waals surface area contributed by atoms with Crippen LogP contribution in [-0.4, -0.2) is 0 Å². The number of benzene rings is 2. The van der Waals surface area contributed by atoms with Crippen molar-refractivity contribution in [3.05, 3.63) is 70.6 Å². The van der Waals surface area contributed by atoms with Crippen molar-refractivity contribution in [3.63, 3.8) is 0 Å². The van der Waals surface area contributed by atoms with Crippen LogP contribution in [0.4, 0.5) is 0 Å². The molecular formula is C22H28S. The number of aryl methyl sites for hydroxylation is 1. The van der Waals surface area contributed by atoms with Gasteiger partial charge in [0, 0.05) is 4.90 Å². The lowest BCUT2D eigenvalue weighted by Crippen LogP contribution is -1.84. The maximum absolute atomic E-state index is 2.36. The van der Waals surface area contributed by atoms with Crippen LogP contribution in [0.15, 0.2) is 64.4 Å². The first-order chi connectivity index (χ1) is 11.3. The molecule has 0 spiro atoms. The van der Waals surface area contributed by atoms with Gasteiger partial charge < -0.3 is 0 Å². The summed E-state index contributed by atoms with van der Waals surface area (Å²) in [5.74, 6) is 0. The molecule has 0 atom stereocenters. The van der Waals surface area contributed by atoms with Gasteiger partial charge in [0.15, 0.2) is 0 Å². The van der Waals surface area contributed by atoms with Crippen molar-refractivity contribution in [1.29, 1.82) is 0 Å². The topological polar surface area (TPSA) is 0 Å². The van der Waals surface area contributed by atoms with E-state index in [1.165, 1.54) is 59.5 Å². The number of unbranched alkanes of at least 4 members (excludes halogenated alkanes) is 4. The standard InChI is InChI=1S/C22H28S/c1-3-4-5-6-8-13-22(23-21-11-9-7-10-12-21)18-20-16-14-19(2)15-17-20/h7,9-12,14-18H,3-6,8,13H2,1-2H3/b22-18-. The summed E-state index contributed by atoms with van der Waals surface area (Å²) in [6.45, 7) is 4.41. The highest BCUT2D eigenvalue weighted by molar-refractivity contribution is 8.03. The van der Waals surface area contributed by atoms with Crippen LogP contribution in [0.2, 0.25) is 0 Å². The minimum atomic E-state index is 1.18. The van der Waals surface area contributed by atoms with Gasteiger partial charge in [-0.2, -0.15) is 0 Å². The van der Waals surface area contributed by atoms with Crippen molar-refractivity contribution in [2.45, 2.75) is 57.3 Å². The highest BCUT2D eigenvalue weighted by Gasteiger charge is 2.02. The van der Waals surface area contributed by atoms with Crippen molar-refractivity contribution in [2.75, 3.05) is 0 Å². The van der Waals surface area contributed by atoms with Crippen molar-refractivity contribution in [2.24, 2.45) is 0 Å². The Hall–Kier alpha value is -1.47. The normalized spacial score (nSPS) is 11.7. The summed E-state index contributed by atoms with van der Waals surface area (Å²) in [6.07, 6.45) is 10.2. The van der Waals surface area contributed by atoms with Crippen molar-refractivity contribution < 1.29 is 0 Å². The first-order valence-electron chi connectivity index (χ1n) is 8.78. The maximum Gasteiger partial charge on any atom is 0.0119 e. The van der Waals surface area contributed by atoms with E-state index < -0.39 is 0 Å². The summed E-state index contributed by atoms with van der Waals surface area (Å²) in [5.41, 5.74) is 2.63. The quantitative estimate of drug-likeness (QED) is 0.340. The van der Waals surface area contributed by atoms with Crippen LogP contribution in [0.25, 0.3) is 6.08 Å². The van der Waals surface area contributed by atoms with Gasteiger partial charge in [-0.15, -0.1) is 0 Å². The molecule has 23 heavy (non-hydrogen) atoms. The zero-order chi connectivity index (χ0) is 16.3. The molecule has 0 N–H and O–H groups in total. The average molecular weight is 325 g/mol. The van der Waals surface area contributed by atoms with Gasteiger partial charge in [0.05, 0.1) is 0 Å². The Morgan fingerprint density at radius 3 is 2.26 bits per heavy atom. The fraction of sp³-hybridized carbons (Fsp3) is 0.364. The molecule has 0 aromatic heterocycles. The summed E-state index contributed by atoms with van der Waals surface area (Å²) in [6, 6.07) is 19.5. The number of hydrogen-bond acceptors (Lipinski definition) is 1. The zero-order valence-corrected chi connectivity index (χ0v) is 15.2. The molecule has 0 fully saturated rings. The highest BCUT2D eigenvalue weighted by atomic mass is 32.2. The fourth-order valence-corrected chi connectivity index (χ4v) is 3.58. The monoisotopic (exact) mass is 324 g/mol. The largest absolute Gasteiger partial charge is 0.0945 e. The van der Waals surface area contributed by atoms with E-state index in [1.807, 2.05) is 11.8 Å².